The van der Waals surface area contributed by atoms with Crippen LogP contribution in [0.2, 0.25) is 0 Å². The summed E-state index contributed by atoms with van der Waals surface area (Å²) in [7, 11) is 0. The van der Waals surface area contributed by atoms with Gasteiger partial charge >= 0.3 is 5.97 Å². The highest BCUT2D eigenvalue weighted by Gasteiger charge is 2.30. The molecule has 0 N–H and O–H groups in total. The summed E-state index contributed by atoms with van der Waals surface area (Å²) in [6, 6.07) is 1.83. The third-order valence-electron chi connectivity index (χ3n) is 2.90. The van der Waals surface area contributed by atoms with Crippen LogP contribution in [0.1, 0.15) is 55.3 Å². The van der Waals surface area contributed by atoms with E-state index in [9.17, 15) is 4.79 Å². The van der Waals surface area contributed by atoms with Gasteiger partial charge in [0, 0.05) is 11.5 Å². The molecule has 0 aliphatic rings. The van der Waals surface area contributed by atoms with E-state index in [2.05, 4.69) is 15.5 Å². The van der Waals surface area contributed by atoms with E-state index in [0.29, 0.717) is 18.9 Å². The van der Waals surface area contributed by atoms with Gasteiger partial charge in [0.25, 0.3) is 0 Å². The smallest absolute Gasteiger partial charge is 0.360 e. The maximum atomic E-state index is 12.0. The molecular weight excluding hydrogens is 272 g/mol. The molecule has 114 valence electrons. The molecule has 2 heterocycles. The molecule has 2 aromatic heterocycles. The number of hydrogen-bond donors (Lipinski definition) is 0. The Bertz CT molecular complexity index is 637. The number of nitrogens with zero attached hydrogens (tertiary/aromatic N) is 4. The predicted molar refractivity (Wildman–Crippen MR) is 75.0 cm³/mol. The predicted octanol–water partition coefficient (Wildman–Crippen LogP) is 2.10. The molecule has 0 atom stereocenters. The second-order valence-corrected chi connectivity index (χ2v) is 5.85. The number of aryl methyl sites for hydroxylation is 1. The number of carbonyl (C=O) groups is 1. The maximum Gasteiger partial charge on any atom is 0.360 e. The van der Waals surface area contributed by atoms with E-state index >= 15 is 0 Å². The first kappa shape index (κ1) is 15.2. The van der Waals surface area contributed by atoms with Crippen molar-refractivity contribution < 1.29 is 14.1 Å². The molecule has 0 radical (unpaired) electrons. The van der Waals surface area contributed by atoms with Crippen molar-refractivity contribution in [2.24, 2.45) is 0 Å². The number of carbonyl (C=O) groups excluding carboxylic acids is 1. The molecule has 0 fully saturated rings. The van der Waals surface area contributed by atoms with E-state index < -0.39 is 5.97 Å². The van der Waals surface area contributed by atoms with Crippen molar-refractivity contribution >= 4 is 5.97 Å². The van der Waals surface area contributed by atoms with Crippen molar-refractivity contribution in [2.45, 2.75) is 46.6 Å². The monoisotopic (exact) mass is 292 g/mol. The summed E-state index contributed by atoms with van der Waals surface area (Å²) < 4.78 is 11.9. The van der Waals surface area contributed by atoms with Gasteiger partial charge in [-0.1, -0.05) is 31.1 Å². The third kappa shape index (κ3) is 3.29. The molecular formula is C14H20N4O3. The summed E-state index contributed by atoms with van der Waals surface area (Å²) in [5.74, 6) is 0.209. The molecule has 0 saturated carbocycles. The average Bonchev–Trinajstić information content (AvgIpc) is 2.96. The van der Waals surface area contributed by atoms with E-state index in [1.54, 1.807) is 11.6 Å². The highest BCUT2D eigenvalue weighted by molar-refractivity contribution is 5.88. The van der Waals surface area contributed by atoms with E-state index in [0.717, 1.165) is 11.4 Å². The van der Waals surface area contributed by atoms with Crippen LogP contribution in [-0.2, 0) is 16.7 Å². The minimum atomic E-state index is -0.456. The van der Waals surface area contributed by atoms with E-state index in [4.69, 9.17) is 9.26 Å². The summed E-state index contributed by atoms with van der Waals surface area (Å²) in [6.45, 7) is 10.3. The Hall–Kier alpha value is -2.18. The molecule has 0 saturated heterocycles. The zero-order valence-electron chi connectivity index (χ0n) is 13.0. The fourth-order valence-electron chi connectivity index (χ4n) is 2.14. The SMILES string of the molecule is CCOC(=O)c1nnn(Cc2cc(C)no2)c1C(C)(C)C. The lowest BCUT2D eigenvalue weighted by atomic mass is 9.90. The lowest BCUT2D eigenvalue weighted by molar-refractivity contribution is 0.0516. The number of hydrogen-bond acceptors (Lipinski definition) is 6. The number of esters is 1. The zero-order chi connectivity index (χ0) is 15.6. The lowest BCUT2D eigenvalue weighted by Gasteiger charge is -2.20. The van der Waals surface area contributed by atoms with E-state index in [1.165, 1.54) is 0 Å². The lowest BCUT2D eigenvalue weighted by Crippen LogP contribution is -2.23. The fourth-order valence-corrected chi connectivity index (χ4v) is 2.14. The van der Waals surface area contributed by atoms with Gasteiger partial charge in [-0.2, -0.15) is 0 Å². The first-order valence-electron chi connectivity index (χ1n) is 6.86. The third-order valence-corrected chi connectivity index (χ3v) is 2.90. The molecule has 2 rings (SSSR count). The van der Waals surface area contributed by atoms with Gasteiger partial charge in [-0.3, -0.25) is 0 Å². The molecule has 0 unspecified atom stereocenters. The van der Waals surface area contributed by atoms with Crippen molar-refractivity contribution in [3.05, 3.63) is 28.9 Å². The van der Waals surface area contributed by atoms with Gasteiger partial charge in [0.05, 0.1) is 18.0 Å². The topological polar surface area (TPSA) is 83.0 Å². The highest BCUT2D eigenvalue weighted by Crippen LogP contribution is 2.25. The molecule has 7 heteroatoms. The van der Waals surface area contributed by atoms with Crippen LogP contribution in [0, 0.1) is 6.92 Å². The second kappa shape index (κ2) is 5.67. The van der Waals surface area contributed by atoms with Gasteiger partial charge in [0.1, 0.15) is 6.54 Å². The molecule has 0 aliphatic heterocycles. The van der Waals surface area contributed by atoms with Gasteiger partial charge in [0.15, 0.2) is 11.5 Å². The van der Waals surface area contributed by atoms with Gasteiger partial charge < -0.3 is 9.26 Å². The van der Waals surface area contributed by atoms with Crippen molar-refractivity contribution in [3.63, 3.8) is 0 Å². The van der Waals surface area contributed by atoms with E-state index in [1.807, 2.05) is 33.8 Å². The van der Waals surface area contributed by atoms with E-state index in [-0.39, 0.29) is 11.1 Å². The molecule has 21 heavy (non-hydrogen) atoms. The van der Waals surface area contributed by atoms with Crippen LogP contribution in [0.4, 0.5) is 0 Å². The standard InChI is InChI=1S/C14H20N4O3/c1-6-20-13(19)11-12(14(3,4)5)18(17-15-11)8-10-7-9(2)16-21-10/h7H,6,8H2,1-5H3. The van der Waals surface area contributed by atoms with Crippen molar-refractivity contribution in [2.75, 3.05) is 6.61 Å². The molecule has 0 aromatic carbocycles. The van der Waals surface area contributed by atoms with Crippen LogP contribution in [-0.4, -0.2) is 32.7 Å². The fraction of sp³-hybridized carbons (Fsp3) is 0.571. The van der Waals surface area contributed by atoms with Gasteiger partial charge in [-0.15, -0.1) is 5.10 Å². The molecule has 2 aromatic rings. The molecule has 0 spiro atoms. The van der Waals surface area contributed by atoms with Crippen LogP contribution < -0.4 is 0 Å². The van der Waals surface area contributed by atoms with Gasteiger partial charge in [-0.05, 0) is 13.8 Å². The minimum Gasteiger partial charge on any atom is -0.461 e. The Morgan fingerprint density at radius 3 is 2.67 bits per heavy atom. The second-order valence-electron chi connectivity index (χ2n) is 5.85. The first-order valence-corrected chi connectivity index (χ1v) is 6.86. The average molecular weight is 292 g/mol. The number of aromatic nitrogens is 4. The molecule has 0 bridgehead atoms. The summed E-state index contributed by atoms with van der Waals surface area (Å²) in [5.41, 5.74) is 1.46. The Balaban J connectivity index is 2.39. The molecule has 0 aliphatic carbocycles. The Morgan fingerprint density at radius 2 is 2.14 bits per heavy atom. The Morgan fingerprint density at radius 1 is 1.43 bits per heavy atom. The normalized spacial score (nSPS) is 11.7. The van der Waals surface area contributed by atoms with Crippen molar-refractivity contribution in [1.29, 1.82) is 0 Å². The van der Waals surface area contributed by atoms with Gasteiger partial charge in [-0.25, -0.2) is 9.48 Å². The Kier molecular flexibility index (Phi) is 4.11. The summed E-state index contributed by atoms with van der Waals surface area (Å²) in [6.07, 6.45) is 0. The van der Waals surface area contributed by atoms with Crippen LogP contribution in [0.15, 0.2) is 10.6 Å². The van der Waals surface area contributed by atoms with Crippen molar-refractivity contribution in [3.8, 4) is 0 Å². The highest BCUT2D eigenvalue weighted by atomic mass is 16.5. The van der Waals surface area contributed by atoms with Crippen LogP contribution in [0.3, 0.4) is 0 Å². The number of rotatable bonds is 4. The van der Waals surface area contributed by atoms with Crippen LogP contribution >= 0.6 is 0 Å². The van der Waals surface area contributed by atoms with Crippen molar-refractivity contribution in [1.82, 2.24) is 20.2 Å². The Labute approximate surface area is 123 Å². The summed E-state index contributed by atoms with van der Waals surface area (Å²) in [5, 5.41) is 11.9. The van der Waals surface area contributed by atoms with Crippen LogP contribution in [0.5, 0.6) is 0 Å². The molecule has 7 nitrogen and oxygen atoms in total. The van der Waals surface area contributed by atoms with Crippen LogP contribution in [0.25, 0.3) is 0 Å². The largest absolute Gasteiger partial charge is 0.461 e. The number of ether oxygens (including phenoxy) is 1. The quantitative estimate of drug-likeness (QED) is 0.802. The first-order chi connectivity index (χ1) is 9.82. The maximum absolute atomic E-state index is 12.0. The summed E-state index contributed by atoms with van der Waals surface area (Å²) >= 11 is 0. The van der Waals surface area contributed by atoms with Gasteiger partial charge in [0.2, 0.25) is 0 Å². The minimum absolute atomic E-state index is 0.251. The summed E-state index contributed by atoms with van der Waals surface area (Å²) in [4.78, 5) is 12.0. The molecule has 0 amide bonds. The zero-order valence-corrected chi connectivity index (χ0v) is 13.0.